The van der Waals surface area contributed by atoms with E-state index in [1.807, 2.05) is 17.6 Å². The van der Waals surface area contributed by atoms with E-state index in [1.165, 1.54) is 18.9 Å². The van der Waals surface area contributed by atoms with E-state index in [1.54, 1.807) is 6.07 Å². The van der Waals surface area contributed by atoms with Gasteiger partial charge < -0.3 is 14.6 Å². The van der Waals surface area contributed by atoms with E-state index in [0.717, 1.165) is 36.7 Å². The minimum atomic E-state index is -0.351. The van der Waals surface area contributed by atoms with Gasteiger partial charge in [-0.25, -0.2) is 9.37 Å². The first kappa shape index (κ1) is 12.2. The van der Waals surface area contributed by atoms with Gasteiger partial charge in [0.25, 0.3) is 0 Å². The number of rotatable bonds is 2. The van der Waals surface area contributed by atoms with Gasteiger partial charge in [-0.1, -0.05) is 0 Å². The number of aryl methyl sites for hydroxylation is 1. The molecule has 1 aromatic carbocycles. The lowest BCUT2D eigenvalue weighted by molar-refractivity contribution is 0.386. The van der Waals surface area contributed by atoms with Gasteiger partial charge in [0.15, 0.2) is 11.6 Å². The molecule has 2 aromatic rings. The quantitative estimate of drug-likeness (QED) is 0.898. The maximum atomic E-state index is 13.8. The first-order valence-electron chi connectivity index (χ1n) is 6.32. The normalized spacial score (nSPS) is 14.3. The number of halogens is 1. The number of aromatic nitrogens is 2. The summed E-state index contributed by atoms with van der Waals surface area (Å²) in [5.41, 5.74) is 3.02. The number of hydrogen-bond acceptors (Lipinski definition) is 3. The summed E-state index contributed by atoms with van der Waals surface area (Å²) in [6.45, 7) is 3.65. The fourth-order valence-corrected chi connectivity index (χ4v) is 2.58. The molecule has 3 rings (SSSR count). The van der Waals surface area contributed by atoms with Crippen LogP contribution in [0.25, 0.3) is 5.69 Å². The van der Waals surface area contributed by atoms with E-state index in [-0.39, 0.29) is 11.6 Å². The smallest absolute Gasteiger partial charge is 0.167 e. The van der Waals surface area contributed by atoms with Crippen molar-refractivity contribution in [1.82, 2.24) is 14.9 Å². The van der Waals surface area contributed by atoms with Crippen LogP contribution in [0, 0.1) is 12.7 Å². The Kier molecular flexibility index (Phi) is 2.98. The van der Waals surface area contributed by atoms with Crippen LogP contribution in [0.15, 0.2) is 18.2 Å². The van der Waals surface area contributed by atoms with Crippen molar-refractivity contribution in [1.29, 1.82) is 0 Å². The summed E-state index contributed by atoms with van der Waals surface area (Å²) in [6, 6.07) is 5.01. The molecule has 0 amide bonds. The molecule has 0 unspecified atom stereocenters. The maximum Gasteiger partial charge on any atom is 0.167 e. The first-order valence-corrected chi connectivity index (χ1v) is 6.32. The zero-order chi connectivity index (χ0) is 13.4. The number of imidazole rings is 1. The van der Waals surface area contributed by atoms with Crippen molar-refractivity contribution in [3.05, 3.63) is 41.2 Å². The molecule has 0 bridgehead atoms. The molecule has 1 aliphatic rings. The molecule has 0 saturated heterocycles. The van der Waals surface area contributed by atoms with Gasteiger partial charge in [-0.05, 0) is 19.1 Å². The molecule has 0 spiro atoms. The van der Waals surface area contributed by atoms with Crippen molar-refractivity contribution in [2.75, 3.05) is 13.7 Å². The average molecular weight is 261 g/mol. The number of nitrogens with zero attached hydrogens (tertiary/aromatic N) is 2. The van der Waals surface area contributed by atoms with Crippen LogP contribution in [0.5, 0.6) is 5.75 Å². The highest BCUT2D eigenvalue weighted by atomic mass is 19.1. The SMILES string of the molecule is COc1ccc(-n2c(C)nc3c2CCNC3)cc1F. The molecule has 100 valence electrons. The van der Waals surface area contributed by atoms with Crippen molar-refractivity contribution in [2.45, 2.75) is 19.9 Å². The second-order valence-electron chi connectivity index (χ2n) is 4.63. The lowest BCUT2D eigenvalue weighted by Crippen LogP contribution is -2.24. The summed E-state index contributed by atoms with van der Waals surface area (Å²) in [4.78, 5) is 4.55. The second kappa shape index (κ2) is 4.66. The molecule has 5 heteroatoms. The van der Waals surface area contributed by atoms with Gasteiger partial charge >= 0.3 is 0 Å². The van der Waals surface area contributed by atoms with Crippen LogP contribution in [0.4, 0.5) is 4.39 Å². The number of fused-ring (bicyclic) bond motifs is 1. The zero-order valence-corrected chi connectivity index (χ0v) is 11.0. The van der Waals surface area contributed by atoms with Gasteiger partial charge in [-0.15, -0.1) is 0 Å². The molecule has 0 aliphatic carbocycles. The molecule has 0 fully saturated rings. The van der Waals surface area contributed by atoms with E-state index in [4.69, 9.17) is 4.74 Å². The van der Waals surface area contributed by atoms with Crippen LogP contribution in [0.1, 0.15) is 17.2 Å². The van der Waals surface area contributed by atoms with Crippen LogP contribution >= 0.6 is 0 Å². The Morgan fingerprint density at radius 1 is 1.42 bits per heavy atom. The van der Waals surface area contributed by atoms with Crippen LogP contribution in [0.2, 0.25) is 0 Å². The number of nitrogens with one attached hydrogen (secondary N) is 1. The van der Waals surface area contributed by atoms with Crippen molar-refractivity contribution in [2.24, 2.45) is 0 Å². The Balaban J connectivity index is 2.11. The molecule has 1 N–H and O–H groups in total. The summed E-state index contributed by atoms with van der Waals surface area (Å²) >= 11 is 0. The highest BCUT2D eigenvalue weighted by Gasteiger charge is 2.19. The minimum absolute atomic E-state index is 0.261. The molecule has 0 saturated carbocycles. The van der Waals surface area contributed by atoms with Crippen molar-refractivity contribution >= 4 is 0 Å². The fourth-order valence-electron chi connectivity index (χ4n) is 2.58. The number of methoxy groups -OCH3 is 1. The Morgan fingerprint density at radius 2 is 2.26 bits per heavy atom. The third-order valence-corrected chi connectivity index (χ3v) is 3.45. The Hall–Kier alpha value is -1.88. The predicted molar refractivity (Wildman–Crippen MR) is 70.2 cm³/mol. The largest absolute Gasteiger partial charge is 0.494 e. The van der Waals surface area contributed by atoms with Gasteiger partial charge in [-0.2, -0.15) is 0 Å². The molecule has 2 heterocycles. The van der Waals surface area contributed by atoms with E-state index >= 15 is 0 Å². The van der Waals surface area contributed by atoms with Gasteiger partial charge in [0.2, 0.25) is 0 Å². The first-order chi connectivity index (χ1) is 9.20. The third kappa shape index (κ3) is 2.00. The molecule has 0 radical (unpaired) electrons. The van der Waals surface area contributed by atoms with Gasteiger partial charge in [0, 0.05) is 31.3 Å². The monoisotopic (exact) mass is 261 g/mol. The summed E-state index contributed by atoms with van der Waals surface area (Å²) in [6.07, 6.45) is 0.907. The third-order valence-electron chi connectivity index (χ3n) is 3.45. The van der Waals surface area contributed by atoms with E-state index in [2.05, 4.69) is 10.3 Å². The topological polar surface area (TPSA) is 39.1 Å². The summed E-state index contributed by atoms with van der Waals surface area (Å²) < 4.78 is 20.8. The number of ether oxygens (including phenoxy) is 1. The van der Waals surface area contributed by atoms with E-state index in [0.29, 0.717) is 0 Å². The molecule has 4 nitrogen and oxygen atoms in total. The standard InChI is InChI=1S/C14H16FN3O/c1-9-17-12-8-16-6-5-13(12)18(9)10-3-4-14(19-2)11(15)7-10/h3-4,7,16H,5-6,8H2,1-2H3. The van der Waals surface area contributed by atoms with Gasteiger partial charge in [0.05, 0.1) is 18.5 Å². The molecule has 1 aliphatic heterocycles. The lowest BCUT2D eigenvalue weighted by Gasteiger charge is -2.16. The fraction of sp³-hybridized carbons (Fsp3) is 0.357. The average Bonchev–Trinajstić information content (AvgIpc) is 2.74. The van der Waals surface area contributed by atoms with Crippen LogP contribution in [-0.2, 0) is 13.0 Å². The van der Waals surface area contributed by atoms with E-state index in [9.17, 15) is 4.39 Å². The number of benzene rings is 1. The van der Waals surface area contributed by atoms with Gasteiger partial charge in [-0.3, -0.25) is 0 Å². The van der Waals surface area contributed by atoms with Crippen LogP contribution < -0.4 is 10.1 Å². The Morgan fingerprint density at radius 3 is 3.00 bits per heavy atom. The number of hydrogen-bond donors (Lipinski definition) is 1. The lowest BCUT2D eigenvalue weighted by atomic mass is 10.1. The van der Waals surface area contributed by atoms with Gasteiger partial charge in [0.1, 0.15) is 5.82 Å². The molecular weight excluding hydrogens is 245 g/mol. The summed E-state index contributed by atoms with van der Waals surface area (Å²) in [7, 11) is 1.47. The van der Waals surface area contributed by atoms with Crippen molar-refractivity contribution in [3.8, 4) is 11.4 Å². The zero-order valence-electron chi connectivity index (χ0n) is 11.0. The molecule has 19 heavy (non-hydrogen) atoms. The van der Waals surface area contributed by atoms with Crippen LogP contribution in [0.3, 0.4) is 0 Å². The molecule has 0 atom stereocenters. The highest BCUT2D eigenvalue weighted by molar-refractivity contribution is 5.42. The molecule has 1 aromatic heterocycles. The summed E-state index contributed by atoms with van der Waals surface area (Å²) in [5, 5.41) is 3.29. The Bertz CT molecular complexity index is 621. The summed E-state index contributed by atoms with van der Waals surface area (Å²) in [5.74, 6) is 0.797. The second-order valence-corrected chi connectivity index (χ2v) is 4.63. The van der Waals surface area contributed by atoms with Crippen molar-refractivity contribution < 1.29 is 9.13 Å². The Labute approximate surface area is 111 Å². The highest BCUT2D eigenvalue weighted by Crippen LogP contribution is 2.25. The molecular formula is C14H16FN3O. The minimum Gasteiger partial charge on any atom is -0.494 e. The van der Waals surface area contributed by atoms with Crippen LogP contribution in [-0.4, -0.2) is 23.2 Å². The van der Waals surface area contributed by atoms with Crippen molar-refractivity contribution in [3.63, 3.8) is 0 Å². The maximum absolute atomic E-state index is 13.8. The predicted octanol–water partition coefficient (Wildman–Crippen LogP) is 1.97. The van der Waals surface area contributed by atoms with E-state index < -0.39 is 0 Å².